The summed E-state index contributed by atoms with van der Waals surface area (Å²) in [6, 6.07) is 0. The van der Waals surface area contributed by atoms with Gasteiger partial charge < -0.3 is 4.84 Å². The second-order valence-corrected chi connectivity index (χ2v) is 4.58. The van der Waals surface area contributed by atoms with Gasteiger partial charge in [0.25, 0.3) is 5.09 Å². The largest absolute Gasteiger partial charge is 0.309 e. The van der Waals surface area contributed by atoms with Gasteiger partial charge in [0.05, 0.1) is 0 Å². The number of benzene rings is 1. The highest BCUT2D eigenvalue weighted by Crippen LogP contribution is 2.30. The number of hydrogen-bond donors (Lipinski definition) is 0. The Morgan fingerprint density at radius 1 is 1.12 bits per heavy atom. The van der Waals surface area contributed by atoms with E-state index in [1.807, 2.05) is 27.7 Å². The van der Waals surface area contributed by atoms with E-state index in [1.165, 1.54) is 5.56 Å². The van der Waals surface area contributed by atoms with Crippen LogP contribution in [0.3, 0.4) is 0 Å². The SMILES string of the molecule is Cc1c(C)c(Br)c(C)c(CO[N+](=O)[O-])c1C. The van der Waals surface area contributed by atoms with Crippen LogP contribution in [0.25, 0.3) is 0 Å². The molecule has 0 spiro atoms. The zero-order valence-electron chi connectivity index (χ0n) is 9.76. The Morgan fingerprint density at radius 3 is 2.19 bits per heavy atom. The summed E-state index contributed by atoms with van der Waals surface area (Å²) in [6.07, 6.45) is 0. The van der Waals surface area contributed by atoms with Gasteiger partial charge in [-0.3, -0.25) is 0 Å². The number of hydrogen-bond acceptors (Lipinski definition) is 3. The van der Waals surface area contributed by atoms with E-state index in [1.54, 1.807) is 0 Å². The van der Waals surface area contributed by atoms with Gasteiger partial charge in [-0.1, -0.05) is 15.9 Å². The maximum absolute atomic E-state index is 10.2. The van der Waals surface area contributed by atoms with Crippen molar-refractivity contribution in [2.45, 2.75) is 34.3 Å². The smallest absolute Gasteiger partial charge is 0.294 e. The molecule has 0 heterocycles. The minimum Gasteiger partial charge on any atom is -0.309 e. The first kappa shape index (κ1) is 13.0. The Balaban J connectivity index is 3.23. The molecule has 16 heavy (non-hydrogen) atoms. The van der Waals surface area contributed by atoms with E-state index in [-0.39, 0.29) is 6.61 Å². The monoisotopic (exact) mass is 287 g/mol. The van der Waals surface area contributed by atoms with Crippen molar-refractivity contribution in [3.05, 3.63) is 42.4 Å². The number of rotatable bonds is 3. The molecule has 0 saturated heterocycles. The molecule has 4 nitrogen and oxygen atoms in total. The van der Waals surface area contributed by atoms with Gasteiger partial charge in [-0.15, -0.1) is 10.1 Å². The predicted molar refractivity (Wildman–Crippen MR) is 64.9 cm³/mol. The molecule has 0 aliphatic rings. The Morgan fingerprint density at radius 2 is 1.69 bits per heavy atom. The summed E-state index contributed by atoms with van der Waals surface area (Å²) < 4.78 is 0.998. The summed E-state index contributed by atoms with van der Waals surface area (Å²) in [5.41, 5.74) is 5.24. The van der Waals surface area contributed by atoms with Crippen LogP contribution in [-0.4, -0.2) is 5.09 Å². The predicted octanol–water partition coefficient (Wildman–Crippen LogP) is 3.39. The molecule has 0 atom stereocenters. The summed E-state index contributed by atoms with van der Waals surface area (Å²) >= 11 is 3.50. The lowest BCUT2D eigenvalue weighted by molar-refractivity contribution is -0.763. The lowest BCUT2D eigenvalue weighted by Gasteiger charge is -2.16. The van der Waals surface area contributed by atoms with Crippen LogP contribution in [0.2, 0.25) is 0 Å². The lowest BCUT2D eigenvalue weighted by Crippen LogP contribution is -2.06. The molecule has 0 N–H and O–H groups in total. The van der Waals surface area contributed by atoms with Gasteiger partial charge >= 0.3 is 0 Å². The van der Waals surface area contributed by atoms with Crippen molar-refractivity contribution in [1.82, 2.24) is 0 Å². The summed E-state index contributed by atoms with van der Waals surface area (Å²) in [7, 11) is 0. The quantitative estimate of drug-likeness (QED) is 0.632. The van der Waals surface area contributed by atoms with Crippen LogP contribution < -0.4 is 0 Å². The van der Waals surface area contributed by atoms with Gasteiger partial charge in [0.15, 0.2) is 0 Å². The molecule has 0 aromatic heterocycles. The van der Waals surface area contributed by atoms with Crippen molar-refractivity contribution in [2.24, 2.45) is 0 Å². The topological polar surface area (TPSA) is 52.4 Å². The van der Waals surface area contributed by atoms with E-state index in [9.17, 15) is 10.1 Å². The van der Waals surface area contributed by atoms with E-state index >= 15 is 0 Å². The van der Waals surface area contributed by atoms with Gasteiger partial charge in [0.2, 0.25) is 0 Å². The molecule has 1 aromatic carbocycles. The van der Waals surface area contributed by atoms with Gasteiger partial charge in [0, 0.05) is 4.47 Å². The summed E-state index contributed by atoms with van der Waals surface area (Å²) in [6.45, 7) is 7.93. The average Bonchev–Trinajstić information content (AvgIpc) is 2.23. The summed E-state index contributed by atoms with van der Waals surface area (Å²) in [4.78, 5) is 14.6. The zero-order chi connectivity index (χ0) is 12.5. The molecule has 5 heteroatoms. The standard InChI is InChI=1S/C11H14BrNO3/c1-6-7(2)10(5-16-13(14)15)9(4)11(12)8(6)3/h5H2,1-4H3. The Bertz CT molecular complexity index is 414. The molecule has 0 bridgehead atoms. The molecule has 0 aliphatic carbocycles. The highest BCUT2D eigenvalue weighted by atomic mass is 79.9. The van der Waals surface area contributed by atoms with E-state index in [0.29, 0.717) is 0 Å². The number of halogens is 1. The zero-order valence-corrected chi connectivity index (χ0v) is 11.3. The highest BCUT2D eigenvalue weighted by molar-refractivity contribution is 9.10. The van der Waals surface area contributed by atoms with Crippen molar-refractivity contribution in [2.75, 3.05) is 0 Å². The highest BCUT2D eigenvalue weighted by Gasteiger charge is 2.13. The molecule has 0 amide bonds. The van der Waals surface area contributed by atoms with Crippen molar-refractivity contribution in [1.29, 1.82) is 0 Å². The van der Waals surface area contributed by atoms with Crippen molar-refractivity contribution >= 4 is 15.9 Å². The first-order valence-corrected chi connectivity index (χ1v) is 5.67. The molecular weight excluding hydrogens is 274 g/mol. The van der Waals surface area contributed by atoms with Crippen molar-refractivity contribution in [3.8, 4) is 0 Å². The minimum atomic E-state index is -0.762. The minimum absolute atomic E-state index is 0.00435. The molecule has 0 fully saturated rings. The van der Waals surface area contributed by atoms with Crippen LogP contribution in [0, 0.1) is 37.8 Å². The Kier molecular flexibility index (Phi) is 3.91. The summed E-state index contributed by atoms with van der Waals surface area (Å²) in [5.74, 6) is 0. The van der Waals surface area contributed by atoms with Crippen molar-refractivity contribution in [3.63, 3.8) is 0 Å². The lowest BCUT2D eigenvalue weighted by atomic mass is 9.95. The van der Waals surface area contributed by atoms with E-state index in [0.717, 1.165) is 26.7 Å². The first-order valence-electron chi connectivity index (χ1n) is 4.88. The normalized spacial score (nSPS) is 10.3. The molecule has 0 radical (unpaired) electrons. The van der Waals surface area contributed by atoms with Crippen LogP contribution in [0.4, 0.5) is 0 Å². The third-order valence-electron chi connectivity index (χ3n) is 3.00. The van der Waals surface area contributed by atoms with Crippen LogP contribution in [0.5, 0.6) is 0 Å². The van der Waals surface area contributed by atoms with Crippen molar-refractivity contribution < 1.29 is 9.92 Å². The van der Waals surface area contributed by atoms with E-state index in [2.05, 4.69) is 20.8 Å². The second-order valence-electron chi connectivity index (χ2n) is 3.79. The van der Waals surface area contributed by atoms with Gasteiger partial charge in [-0.25, -0.2) is 0 Å². The third kappa shape index (κ3) is 2.35. The molecule has 88 valence electrons. The van der Waals surface area contributed by atoms with Crippen LogP contribution in [0.1, 0.15) is 27.8 Å². The van der Waals surface area contributed by atoms with Crippen LogP contribution in [-0.2, 0) is 11.4 Å². The van der Waals surface area contributed by atoms with Gasteiger partial charge in [-0.05, 0) is 55.5 Å². The van der Waals surface area contributed by atoms with Gasteiger partial charge in [0.1, 0.15) is 6.61 Å². The van der Waals surface area contributed by atoms with Crippen LogP contribution >= 0.6 is 15.9 Å². The second kappa shape index (κ2) is 4.82. The summed E-state index contributed by atoms with van der Waals surface area (Å²) in [5, 5.41) is 9.44. The van der Waals surface area contributed by atoms with Gasteiger partial charge in [-0.2, -0.15) is 0 Å². The molecular formula is C11H14BrNO3. The first-order chi connectivity index (χ1) is 7.36. The Labute approximate surface area is 103 Å². The fourth-order valence-corrected chi connectivity index (χ4v) is 2.24. The molecule has 0 aliphatic heterocycles. The maximum atomic E-state index is 10.2. The fraction of sp³-hybridized carbons (Fsp3) is 0.455. The Hall–Kier alpha value is -1.10. The third-order valence-corrected chi connectivity index (χ3v) is 4.19. The average molecular weight is 288 g/mol. The van der Waals surface area contributed by atoms with Crippen LogP contribution in [0.15, 0.2) is 4.47 Å². The fourth-order valence-electron chi connectivity index (χ4n) is 1.70. The maximum Gasteiger partial charge on any atom is 0.294 e. The number of nitrogens with zero attached hydrogens (tertiary/aromatic N) is 1. The molecule has 0 unspecified atom stereocenters. The molecule has 1 aromatic rings. The molecule has 0 saturated carbocycles. The molecule has 1 rings (SSSR count). The van der Waals surface area contributed by atoms with E-state index in [4.69, 9.17) is 0 Å². The van der Waals surface area contributed by atoms with E-state index < -0.39 is 5.09 Å².